The molecule has 8 nitrogen and oxygen atoms in total. The summed E-state index contributed by atoms with van der Waals surface area (Å²) >= 11 is 0. The van der Waals surface area contributed by atoms with Gasteiger partial charge in [0, 0.05) is 45.6 Å². The van der Waals surface area contributed by atoms with Gasteiger partial charge in [-0.05, 0) is 52.2 Å². The van der Waals surface area contributed by atoms with Gasteiger partial charge in [0.2, 0.25) is 5.91 Å². The quantitative estimate of drug-likeness (QED) is 0.260. The van der Waals surface area contributed by atoms with Crippen LogP contribution in [0.2, 0.25) is 0 Å². The Morgan fingerprint density at radius 3 is 2.66 bits per heavy atom. The maximum absolute atomic E-state index is 11.9. The summed E-state index contributed by atoms with van der Waals surface area (Å²) in [6.45, 7) is 7.29. The fraction of sp³-hybridized carbons (Fsp3) is 0.619. The van der Waals surface area contributed by atoms with Gasteiger partial charge in [0.05, 0.1) is 13.1 Å². The molecule has 164 valence electrons. The molecule has 1 amide bonds. The van der Waals surface area contributed by atoms with Gasteiger partial charge in [-0.1, -0.05) is 12.1 Å². The molecule has 0 heterocycles. The first-order chi connectivity index (χ1) is 13.9. The number of ether oxygens (including phenoxy) is 1. The number of guanidine groups is 1. The minimum Gasteiger partial charge on any atom is -0.385 e. The average Bonchev–Trinajstić information content (AvgIpc) is 2.66. The highest BCUT2D eigenvalue weighted by molar-refractivity contribution is 5.92. The Labute approximate surface area is 175 Å². The molecule has 0 atom stereocenters. The third kappa shape index (κ3) is 12.1. The summed E-state index contributed by atoms with van der Waals surface area (Å²) in [6, 6.07) is 7.80. The number of rotatable bonds is 13. The maximum atomic E-state index is 11.9. The fourth-order valence-electron chi connectivity index (χ4n) is 2.70. The zero-order valence-electron chi connectivity index (χ0n) is 18.6. The van der Waals surface area contributed by atoms with Crippen LogP contribution in [0.15, 0.2) is 29.3 Å². The van der Waals surface area contributed by atoms with Crippen molar-refractivity contribution in [3.05, 3.63) is 29.8 Å². The van der Waals surface area contributed by atoms with Crippen molar-refractivity contribution in [3.8, 4) is 0 Å². The van der Waals surface area contributed by atoms with Crippen molar-refractivity contribution in [1.29, 1.82) is 0 Å². The van der Waals surface area contributed by atoms with Crippen LogP contribution in [0.4, 0.5) is 5.69 Å². The van der Waals surface area contributed by atoms with Gasteiger partial charge in [-0.25, -0.2) is 4.99 Å². The highest BCUT2D eigenvalue weighted by atomic mass is 16.5. The molecule has 1 aromatic carbocycles. The van der Waals surface area contributed by atoms with Crippen molar-refractivity contribution in [3.63, 3.8) is 0 Å². The number of hydrogen-bond acceptors (Lipinski definition) is 5. The Hall–Kier alpha value is -2.16. The molecule has 1 rings (SSSR count). The Morgan fingerprint density at radius 2 is 1.97 bits per heavy atom. The van der Waals surface area contributed by atoms with Crippen LogP contribution in [-0.4, -0.2) is 89.3 Å². The summed E-state index contributed by atoms with van der Waals surface area (Å²) in [7, 11) is 7.58. The zero-order valence-corrected chi connectivity index (χ0v) is 18.6. The monoisotopic (exact) mass is 406 g/mol. The summed E-state index contributed by atoms with van der Waals surface area (Å²) in [5.41, 5.74) is 1.83. The molecule has 0 fully saturated rings. The lowest BCUT2D eigenvalue weighted by Gasteiger charge is -2.18. The number of hydrogen-bond donors (Lipinski definition) is 3. The van der Waals surface area contributed by atoms with Crippen molar-refractivity contribution in [2.75, 3.05) is 72.9 Å². The van der Waals surface area contributed by atoms with Crippen LogP contribution in [0.1, 0.15) is 18.9 Å². The van der Waals surface area contributed by atoms with Crippen LogP contribution < -0.4 is 16.0 Å². The Kier molecular flexibility index (Phi) is 12.7. The van der Waals surface area contributed by atoms with Crippen molar-refractivity contribution >= 4 is 17.6 Å². The first kappa shape index (κ1) is 24.9. The molecule has 0 bridgehead atoms. The molecule has 8 heteroatoms. The van der Waals surface area contributed by atoms with Crippen molar-refractivity contribution < 1.29 is 9.53 Å². The van der Waals surface area contributed by atoms with Gasteiger partial charge in [0.15, 0.2) is 5.96 Å². The summed E-state index contributed by atoms with van der Waals surface area (Å²) in [6.07, 6.45) is 1.03. The van der Waals surface area contributed by atoms with E-state index in [1.54, 1.807) is 7.11 Å². The number of carbonyl (C=O) groups excluding carboxylic acids is 1. The molecular formula is C21H38N6O2. The van der Waals surface area contributed by atoms with E-state index in [4.69, 9.17) is 4.74 Å². The molecule has 29 heavy (non-hydrogen) atoms. The molecule has 0 saturated carbocycles. The third-order valence-electron chi connectivity index (χ3n) is 4.11. The minimum absolute atomic E-state index is 0.0275. The topological polar surface area (TPSA) is 81.2 Å². The van der Waals surface area contributed by atoms with Crippen LogP contribution in [0.25, 0.3) is 0 Å². The molecule has 0 aliphatic carbocycles. The Morgan fingerprint density at radius 1 is 1.17 bits per heavy atom. The maximum Gasteiger partial charge on any atom is 0.238 e. The van der Waals surface area contributed by atoms with E-state index in [2.05, 4.69) is 39.8 Å². The first-order valence-electron chi connectivity index (χ1n) is 10.2. The molecular weight excluding hydrogens is 368 g/mol. The van der Waals surface area contributed by atoms with Gasteiger partial charge in [-0.2, -0.15) is 0 Å². The van der Waals surface area contributed by atoms with E-state index in [0.29, 0.717) is 13.1 Å². The van der Waals surface area contributed by atoms with Crippen molar-refractivity contribution in [2.45, 2.75) is 19.9 Å². The number of amides is 1. The van der Waals surface area contributed by atoms with E-state index >= 15 is 0 Å². The normalized spacial score (nSPS) is 11.8. The summed E-state index contributed by atoms with van der Waals surface area (Å²) < 4.78 is 5.09. The third-order valence-corrected chi connectivity index (χ3v) is 4.11. The minimum atomic E-state index is -0.0275. The van der Waals surface area contributed by atoms with Gasteiger partial charge in [0.25, 0.3) is 0 Å². The number of nitrogens with zero attached hydrogens (tertiary/aromatic N) is 3. The molecule has 1 aromatic rings. The molecule has 0 radical (unpaired) electrons. The van der Waals surface area contributed by atoms with E-state index in [1.807, 2.05) is 43.3 Å². The van der Waals surface area contributed by atoms with Gasteiger partial charge >= 0.3 is 0 Å². The van der Waals surface area contributed by atoms with Gasteiger partial charge in [-0.15, -0.1) is 0 Å². The number of methoxy groups -OCH3 is 1. The van der Waals surface area contributed by atoms with E-state index in [-0.39, 0.29) is 5.91 Å². The van der Waals surface area contributed by atoms with E-state index in [9.17, 15) is 4.79 Å². The van der Waals surface area contributed by atoms with E-state index in [1.165, 1.54) is 0 Å². The number of aliphatic imine (C=N–C) groups is 1. The Balaban J connectivity index is 2.53. The highest BCUT2D eigenvalue weighted by Crippen LogP contribution is 2.11. The average molecular weight is 407 g/mol. The first-order valence-corrected chi connectivity index (χ1v) is 10.2. The largest absolute Gasteiger partial charge is 0.385 e. The van der Waals surface area contributed by atoms with E-state index < -0.39 is 0 Å². The van der Waals surface area contributed by atoms with Crippen LogP contribution in [0, 0.1) is 0 Å². The predicted molar refractivity (Wildman–Crippen MR) is 120 cm³/mol. The van der Waals surface area contributed by atoms with Crippen LogP contribution in [0.5, 0.6) is 0 Å². The molecule has 3 N–H and O–H groups in total. The number of benzene rings is 1. The second-order valence-corrected chi connectivity index (χ2v) is 7.26. The predicted octanol–water partition coefficient (Wildman–Crippen LogP) is 1.21. The zero-order chi connectivity index (χ0) is 21.5. The standard InChI is InChI=1S/C21H38N6O2/c1-6-22-21(23-11-13-27(4)12-8-14-29-5)24-16-18-9-7-10-19(15-18)25-20(28)17-26(2)3/h7,9-10,15H,6,8,11-14,16-17H2,1-5H3,(H,25,28)(H2,22,23,24). The molecule has 0 aliphatic rings. The summed E-state index contributed by atoms with van der Waals surface area (Å²) in [4.78, 5) is 20.7. The number of likely N-dealkylation sites (N-methyl/N-ethyl adjacent to an activating group) is 2. The lowest BCUT2D eigenvalue weighted by molar-refractivity contribution is -0.116. The lowest BCUT2D eigenvalue weighted by Crippen LogP contribution is -2.41. The molecule has 0 unspecified atom stereocenters. The van der Waals surface area contributed by atoms with E-state index in [0.717, 1.165) is 56.4 Å². The summed E-state index contributed by atoms with van der Waals surface area (Å²) in [5.74, 6) is 0.764. The lowest BCUT2D eigenvalue weighted by atomic mass is 10.2. The van der Waals surface area contributed by atoms with Gasteiger partial charge in [0.1, 0.15) is 0 Å². The van der Waals surface area contributed by atoms with Gasteiger partial charge < -0.3 is 30.5 Å². The second kappa shape index (κ2) is 14.8. The Bertz CT molecular complexity index is 621. The van der Waals surface area contributed by atoms with Gasteiger partial charge in [-0.3, -0.25) is 4.79 Å². The molecule has 0 aliphatic heterocycles. The second-order valence-electron chi connectivity index (χ2n) is 7.26. The number of carbonyl (C=O) groups is 1. The SMILES string of the molecule is CCNC(=NCc1cccc(NC(=O)CN(C)C)c1)NCCN(C)CCCOC. The highest BCUT2D eigenvalue weighted by Gasteiger charge is 2.05. The molecule has 0 saturated heterocycles. The fourth-order valence-corrected chi connectivity index (χ4v) is 2.70. The number of anilines is 1. The smallest absolute Gasteiger partial charge is 0.238 e. The van der Waals surface area contributed by atoms with Crippen molar-refractivity contribution in [1.82, 2.24) is 20.4 Å². The van der Waals surface area contributed by atoms with Crippen LogP contribution in [0.3, 0.4) is 0 Å². The van der Waals surface area contributed by atoms with Crippen LogP contribution in [-0.2, 0) is 16.1 Å². The summed E-state index contributed by atoms with van der Waals surface area (Å²) in [5, 5.41) is 9.56. The van der Waals surface area contributed by atoms with Crippen LogP contribution >= 0.6 is 0 Å². The molecule has 0 spiro atoms. The van der Waals surface area contributed by atoms with Crippen molar-refractivity contribution in [2.24, 2.45) is 4.99 Å². The number of nitrogens with one attached hydrogen (secondary N) is 3. The molecule has 0 aromatic heterocycles.